The summed E-state index contributed by atoms with van der Waals surface area (Å²) in [6.07, 6.45) is -1.63. The van der Waals surface area contributed by atoms with Gasteiger partial charge >= 0.3 is 19.5 Å². The molecule has 0 aliphatic carbocycles. The van der Waals surface area contributed by atoms with E-state index >= 15 is 0 Å². The predicted molar refractivity (Wildman–Crippen MR) is 36.5 cm³/mol. The Morgan fingerprint density at radius 3 is 1.33 bits per heavy atom. The summed E-state index contributed by atoms with van der Waals surface area (Å²) in [6, 6.07) is 0. The van der Waals surface area contributed by atoms with Crippen LogP contribution < -0.4 is 0 Å². The van der Waals surface area contributed by atoms with Gasteiger partial charge in [0.05, 0.1) is 12.2 Å². The quantitative estimate of drug-likeness (QED) is 0.460. The molecule has 2 nitrogen and oxygen atoms in total. The van der Waals surface area contributed by atoms with Gasteiger partial charge in [-0.15, -0.1) is 11.5 Å². The third kappa shape index (κ3) is 5.68. The molecule has 0 aromatic heterocycles. The van der Waals surface area contributed by atoms with Crippen LogP contribution in [0.4, 0.5) is 0 Å². The van der Waals surface area contributed by atoms with Gasteiger partial charge in [0.15, 0.2) is 0 Å². The molecule has 0 fully saturated rings. The van der Waals surface area contributed by atoms with Crippen molar-refractivity contribution < 1.29 is 29.7 Å². The second-order valence-electron chi connectivity index (χ2n) is 1.47. The Hall–Kier alpha value is 1.24. The van der Waals surface area contributed by atoms with Crippen LogP contribution in [0.15, 0.2) is 0 Å². The molecule has 0 rings (SSSR count). The van der Waals surface area contributed by atoms with E-state index in [0.717, 1.165) is 0 Å². The van der Waals surface area contributed by atoms with E-state index < -0.39 is 12.2 Å². The standard InChI is InChI=1S/C4H10O2S2.Zn/c5-3(1-7)4(6)2-8;/h3-8H,1-2H2;/q;+2/p-2/t3-,4-;/m0./s1. The molecule has 0 spiro atoms. The zero-order valence-corrected chi connectivity index (χ0v) is 9.59. The molecule has 9 heavy (non-hydrogen) atoms. The molecule has 50 valence electrons. The molecule has 0 unspecified atom stereocenters. The molecule has 0 bridgehead atoms. The van der Waals surface area contributed by atoms with Crippen LogP contribution in [0.1, 0.15) is 0 Å². The molecule has 0 saturated heterocycles. The average molecular weight is 218 g/mol. The van der Waals surface area contributed by atoms with Crippen LogP contribution in [-0.4, -0.2) is 33.9 Å². The first-order chi connectivity index (χ1) is 3.72. The molecule has 0 aliphatic heterocycles. The molecule has 2 atom stereocenters. The first kappa shape index (κ1) is 12.9. The van der Waals surface area contributed by atoms with Crippen LogP contribution in [0.25, 0.3) is 0 Å². The van der Waals surface area contributed by atoms with Crippen LogP contribution in [-0.2, 0) is 44.7 Å². The van der Waals surface area contributed by atoms with Gasteiger partial charge in [0.25, 0.3) is 0 Å². The second kappa shape index (κ2) is 7.35. The fourth-order valence-corrected chi connectivity index (χ4v) is 0.666. The minimum Gasteiger partial charge on any atom is -0.790 e. The monoisotopic (exact) mass is 216 g/mol. The summed E-state index contributed by atoms with van der Waals surface area (Å²) in [4.78, 5) is 0. The minimum absolute atomic E-state index is 0. The predicted octanol–water partition coefficient (Wildman–Crippen LogP) is -1.20. The zero-order chi connectivity index (χ0) is 6.57. The van der Waals surface area contributed by atoms with Crippen molar-refractivity contribution in [3.8, 4) is 0 Å². The summed E-state index contributed by atoms with van der Waals surface area (Å²) < 4.78 is 0. The number of aliphatic hydroxyl groups is 2. The van der Waals surface area contributed by atoms with Gasteiger partial charge in [-0.05, 0) is 0 Å². The Morgan fingerprint density at radius 1 is 1.00 bits per heavy atom. The Bertz CT molecular complexity index is 56.5. The van der Waals surface area contributed by atoms with E-state index in [4.69, 9.17) is 10.2 Å². The minimum atomic E-state index is -0.817. The summed E-state index contributed by atoms with van der Waals surface area (Å²) >= 11 is 8.92. The molecule has 2 N–H and O–H groups in total. The van der Waals surface area contributed by atoms with Crippen LogP contribution in [0.3, 0.4) is 0 Å². The van der Waals surface area contributed by atoms with E-state index in [9.17, 15) is 0 Å². The molecule has 0 aromatic carbocycles. The largest absolute Gasteiger partial charge is 2.00 e. The average Bonchev–Trinajstić information content (AvgIpc) is 1.84. The van der Waals surface area contributed by atoms with Crippen molar-refractivity contribution >= 4 is 25.3 Å². The van der Waals surface area contributed by atoms with E-state index in [1.807, 2.05) is 0 Å². The summed E-state index contributed by atoms with van der Waals surface area (Å²) in [5.74, 6) is 0.301. The van der Waals surface area contributed by atoms with Crippen molar-refractivity contribution in [3.05, 3.63) is 0 Å². The van der Waals surface area contributed by atoms with Gasteiger partial charge in [-0.3, -0.25) is 0 Å². The fourth-order valence-electron chi connectivity index (χ4n) is 0.222. The van der Waals surface area contributed by atoms with Gasteiger partial charge in [0.1, 0.15) is 0 Å². The molecule has 0 aliphatic rings. The van der Waals surface area contributed by atoms with E-state index in [-0.39, 0.29) is 31.0 Å². The molecule has 0 saturated carbocycles. The maximum Gasteiger partial charge on any atom is 2.00 e. The second-order valence-corrected chi connectivity index (χ2v) is 2.13. The fraction of sp³-hybridized carbons (Fsp3) is 1.00. The van der Waals surface area contributed by atoms with E-state index in [0.29, 0.717) is 0 Å². The number of hydrogen-bond acceptors (Lipinski definition) is 4. The van der Waals surface area contributed by atoms with E-state index in [2.05, 4.69) is 25.3 Å². The Balaban J connectivity index is 0. The molecular weight excluding hydrogens is 210 g/mol. The molecule has 0 aromatic rings. The maximum absolute atomic E-state index is 8.71. The van der Waals surface area contributed by atoms with Crippen LogP contribution in [0.5, 0.6) is 0 Å². The summed E-state index contributed by atoms with van der Waals surface area (Å²) in [6.45, 7) is 0. The van der Waals surface area contributed by atoms with E-state index in [1.54, 1.807) is 0 Å². The Morgan fingerprint density at radius 2 is 1.22 bits per heavy atom. The normalized spacial score (nSPS) is 16.0. The van der Waals surface area contributed by atoms with Crippen molar-refractivity contribution in [2.24, 2.45) is 0 Å². The molecule has 0 radical (unpaired) electrons. The van der Waals surface area contributed by atoms with Crippen molar-refractivity contribution in [1.82, 2.24) is 0 Å². The van der Waals surface area contributed by atoms with Gasteiger partial charge in [-0.2, -0.15) is 0 Å². The van der Waals surface area contributed by atoms with Crippen molar-refractivity contribution in [1.29, 1.82) is 0 Å². The Labute approximate surface area is 78.6 Å². The molecule has 5 heteroatoms. The van der Waals surface area contributed by atoms with Gasteiger partial charge in [-0.25, -0.2) is 0 Å². The third-order valence-electron chi connectivity index (χ3n) is 0.786. The Kier molecular flexibility index (Phi) is 10.5. The zero-order valence-electron chi connectivity index (χ0n) is 4.99. The van der Waals surface area contributed by atoms with Gasteiger partial charge in [0, 0.05) is 0 Å². The van der Waals surface area contributed by atoms with Crippen molar-refractivity contribution in [2.75, 3.05) is 11.5 Å². The third-order valence-corrected chi connectivity index (χ3v) is 1.47. The van der Waals surface area contributed by atoms with Crippen molar-refractivity contribution in [2.45, 2.75) is 12.2 Å². The SMILES string of the molecule is O[C@@H](C[S-])[C@@H](O)C[S-].[Zn+2]. The van der Waals surface area contributed by atoms with Crippen molar-refractivity contribution in [3.63, 3.8) is 0 Å². The summed E-state index contributed by atoms with van der Waals surface area (Å²) in [7, 11) is 0. The first-order valence-corrected chi connectivity index (χ1v) is 3.40. The molecule has 0 amide bonds. The van der Waals surface area contributed by atoms with E-state index in [1.165, 1.54) is 0 Å². The topological polar surface area (TPSA) is 40.5 Å². The van der Waals surface area contributed by atoms with Crippen LogP contribution in [0, 0.1) is 0 Å². The number of hydrogen-bond donors (Lipinski definition) is 2. The number of aliphatic hydroxyl groups excluding tert-OH is 2. The first-order valence-electron chi connectivity index (χ1n) is 2.24. The smallest absolute Gasteiger partial charge is 0.790 e. The maximum atomic E-state index is 8.71. The van der Waals surface area contributed by atoms with Crippen LogP contribution >= 0.6 is 0 Å². The summed E-state index contributed by atoms with van der Waals surface area (Å²) in [5, 5.41) is 17.4. The van der Waals surface area contributed by atoms with Crippen LogP contribution in [0.2, 0.25) is 0 Å². The van der Waals surface area contributed by atoms with Gasteiger partial charge in [0.2, 0.25) is 0 Å². The van der Waals surface area contributed by atoms with Gasteiger partial charge < -0.3 is 35.5 Å². The molecular formula is C4H8O2S2Zn. The number of rotatable bonds is 3. The summed E-state index contributed by atoms with van der Waals surface area (Å²) in [5.41, 5.74) is 0. The molecule has 0 heterocycles. The van der Waals surface area contributed by atoms with Gasteiger partial charge in [-0.1, -0.05) is 0 Å².